The van der Waals surface area contributed by atoms with Crippen LogP contribution >= 0.6 is 11.6 Å². The molecule has 0 fully saturated rings. The van der Waals surface area contributed by atoms with Gasteiger partial charge in [-0.15, -0.1) is 0 Å². The van der Waals surface area contributed by atoms with Gasteiger partial charge >= 0.3 is 0 Å². The molecule has 0 aliphatic rings. The number of rotatable bonds is 6. The number of carbonyl (C=O) groups is 1. The van der Waals surface area contributed by atoms with Crippen LogP contribution in [0.1, 0.15) is 29.0 Å². The molecule has 138 valence electrons. The number of methoxy groups -OCH3 is 1. The first-order valence-electron chi connectivity index (χ1n) is 8.49. The van der Waals surface area contributed by atoms with E-state index in [9.17, 15) is 4.79 Å². The molecule has 3 aromatic rings. The highest BCUT2D eigenvalue weighted by Gasteiger charge is 2.11. The normalized spacial score (nSPS) is 11.5. The highest BCUT2D eigenvalue weighted by atomic mass is 35.5. The minimum absolute atomic E-state index is 0.102. The van der Waals surface area contributed by atoms with Crippen molar-refractivity contribution < 1.29 is 9.53 Å². The molecule has 3 rings (SSSR count). The minimum atomic E-state index is -0.313. The summed E-state index contributed by atoms with van der Waals surface area (Å²) in [7, 11) is 1.54. The van der Waals surface area contributed by atoms with E-state index in [0.717, 1.165) is 11.3 Å². The maximum Gasteiger partial charge on any atom is 0.274 e. The number of halogens is 1. The second kappa shape index (κ2) is 8.56. The fourth-order valence-corrected chi connectivity index (χ4v) is 2.92. The summed E-state index contributed by atoms with van der Waals surface area (Å²) < 4.78 is 5.11. The van der Waals surface area contributed by atoms with Crippen molar-refractivity contribution in [1.29, 1.82) is 0 Å². The maximum absolute atomic E-state index is 12.5. The summed E-state index contributed by atoms with van der Waals surface area (Å²) in [6, 6.07) is 18.8. The topological polar surface area (TPSA) is 63.2 Å². The molecule has 0 saturated heterocycles. The summed E-state index contributed by atoms with van der Waals surface area (Å²) >= 11 is 6.10. The number of hydrogen-bond acceptors (Lipinski definition) is 4. The number of ether oxygens (including phenoxy) is 1. The molecule has 0 saturated carbocycles. The second-order valence-corrected chi connectivity index (χ2v) is 6.42. The summed E-state index contributed by atoms with van der Waals surface area (Å²) in [6.45, 7) is 2.06. The van der Waals surface area contributed by atoms with Gasteiger partial charge in [-0.3, -0.25) is 9.78 Å². The number of nitrogens with one attached hydrogen (secondary N) is 2. The van der Waals surface area contributed by atoms with E-state index in [1.165, 1.54) is 0 Å². The molecular formula is C21H20ClN3O2. The SMILES string of the molecule is COc1ccc(NC(=O)c2cc(NC(C)c3ccccc3)ccn2)cc1Cl. The number of aromatic nitrogens is 1. The second-order valence-electron chi connectivity index (χ2n) is 6.01. The van der Waals surface area contributed by atoms with Crippen LogP contribution < -0.4 is 15.4 Å². The molecule has 0 spiro atoms. The third-order valence-electron chi connectivity index (χ3n) is 4.08. The first kappa shape index (κ1) is 18.7. The van der Waals surface area contributed by atoms with Gasteiger partial charge < -0.3 is 15.4 Å². The number of hydrogen-bond donors (Lipinski definition) is 2. The lowest BCUT2D eigenvalue weighted by atomic mass is 10.1. The van der Waals surface area contributed by atoms with Crippen LogP contribution in [0.3, 0.4) is 0 Å². The van der Waals surface area contributed by atoms with Crippen LogP contribution in [0.25, 0.3) is 0 Å². The third-order valence-corrected chi connectivity index (χ3v) is 4.38. The zero-order valence-electron chi connectivity index (χ0n) is 15.1. The Morgan fingerprint density at radius 1 is 1.07 bits per heavy atom. The Kier molecular flexibility index (Phi) is 5.94. The quantitative estimate of drug-likeness (QED) is 0.618. The lowest BCUT2D eigenvalue weighted by Crippen LogP contribution is -2.14. The van der Waals surface area contributed by atoms with Crippen molar-refractivity contribution >= 4 is 28.9 Å². The Hall–Kier alpha value is -3.05. The summed E-state index contributed by atoms with van der Waals surface area (Å²) in [5.74, 6) is 0.237. The van der Waals surface area contributed by atoms with Gasteiger partial charge in [0, 0.05) is 23.6 Å². The molecule has 1 amide bonds. The van der Waals surface area contributed by atoms with Crippen molar-refractivity contribution in [2.45, 2.75) is 13.0 Å². The Balaban J connectivity index is 1.71. The van der Waals surface area contributed by atoms with E-state index in [-0.39, 0.29) is 11.9 Å². The van der Waals surface area contributed by atoms with E-state index in [2.05, 4.69) is 34.7 Å². The molecule has 5 nitrogen and oxygen atoms in total. The van der Waals surface area contributed by atoms with Crippen molar-refractivity contribution in [2.24, 2.45) is 0 Å². The minimum Gasteiger partial charge on any atom is -0.495 e. The standard InChI is InChI=1S/C21H20ClN3O2/c1-14(15-6-4-3-5-7-15)24-17-10-11-23-19(13-17)21(26)25-16-8-9-20(27-2)18(22)12-16/h3-14H,1-2H3,(H,23,24)(H,25,26). The van der Waals surface area contributed by atoms with Crippen LogP contribution in [0.4, 0.5) is 11.4 Å². The van der Waals surface area contributed by atoms with Gasteiger partial charge in [0.25, 0.3) is 5.91 Å². The molecule has 2 aromatic carbocycles. The Morgan fingerprint density at radius 3 is 2.56 bits per heavy atom. The van der Waals surface area contributed by atoms with Crippen molar-refractivity contribution in [1.82, 2.24) is 4.98 Å². The first-order chi connectivity index (χ1) is 13.1. The number of nitrogens with zero attached hydrogens (tertiary/aromatic N) is 1. The van der Waals surface area contributed by atoms with E-state index in [4.69, 9.17) is 16.3 Å². The molecule has 0 bridgehead atoms. The van der Waals surface area contributed by atoms with Gasteiger partial charge in [-0.05, 0) is 42.8 Å². The zero-order chi connectivity index (χ0) is 19.2. The largest absolute Gasteiger partial charge is 0.495 e. The average molecular weight is 382 g/mol. The molecular weight excluding hydrogens is 362 g/mol. The highest BCUT2D eigenvalue weighted by Crippen LogP contribution is 2.27. The van der Waals surface area contributed by atoms with E-state index in [1.807, 2.05) is 24.3 Å². The molecule has 0 aliphatic carbocycles. The van der Waals surface area contributed by atoms with Gasteiger partial charge in [-0.2, -0.15) is 0 Å². The van der Waals surface area contributed by atoms with Gasteiger partial charge in [0.05, 0.1) is 12.1 Å². The zero-order valence-corrected chi connectivity index (χ0v) is 15.8. The average Bonchev–Trinajstić information content (AvgIpc) is 2.69. The van der Waals surface area contributed by atoms with E-state index in [1.54, 1.807) is 37.6 Å². The molecule has 2 N–H and O–H groups in total. The summed E-state index contributed by atoms with van der Waals surface area (Å²) in [5.41, 5.74) is 2.86. The fraction of sp³-hybridized carbons (Fsp3) is 0.143. The molecule has 0 radical (unpaired) electrons. The molecule has 1 atom stereocenters. The van der Waals surface area contributed by atoms with Crippen LogP contribution in [-0.4, -0.2) is 18.0 Å². The lowest BCUT2D eigenvalue weighted by Gasteiger charge is -2.16. The number of benzene rings is 2. The van der Waals surface area contributed by atoms with E-state index in [0.29, 0.717) is 22.2 Å². The predicted octanol–water partition coefficient (Wildman–Crippen LogP) is 5.17. The fourth-order valence-electron chi connectivity index (χ4n) is 2.66. The van der Waals surface area contributed by atoms with Gasteiger partial charge in [-0.1, -0.05) is 41.9 Å². The smallest absolute Gasteiger partial charge is 0.274 e. The highest BCUT2D eigenvalue weighted by molar-refractivity contribution is 6.32. The molecule has 0 aliphatic heterocycles. The molecule has 1 unspecified atom stereocenters. The molecule has 1 heterocycles. The van der Waals surface area contributed by atoms with Crippen molar-refractivity contribution in [3.8, 4) is 5.75 Å². The third kappa shape index (κ3) is 4.77. The van der Waals surface area contributed by atoms with Crippen molar-refractivity contribution in [3.63, 3.8) is 0 Å². The van der Waals surface area contributed by atoms with Crippen molar-refractivity contribution in [2.75, 3.05) is 17.7 Å². The Labute approximate surface area is 163 Å². The number of carbonyl (C=O) groups excluding carboxylic acids is 1. The molecule has 1 aromatic heterocycles. The van der Waals surface area contributed by atoms with Gasteiger partial charge in [0.15, 0.2) is 0 Å². The summed E-state index contributed by atoms with van der Waals surface area (Å²) in [4.78, 5) is 16.7. The van der Waals surface area contributed by atoms with E-state index >= 15 is 0 Å². The number of anilines is 2. The monoisotopic (exact) mass is 381 g/mol. The predicted molar refractivity (Wildman–Crippen MR) is 109 cm³/mol. The van der Waals surface area contributed by atoms with Crippen LogP contribution in [-0.2, 0) is 0 Å². The van der Waals surface area contributed by atoms with Crippen LogP contribution in [0.2, 0.25) is 5.02 Å². The van der Waals surface area contributed by atoms with Crippen LogP contribution in [0.5, 0.6) is 5.75 Å². The molecule has 6 heteroatoms. The Morgan fingerprint density at radius 2 is 1.85 bits per heavy atom. The van der Waals surface area contributed by atoms with Crippen molar-refractivity contribution in [3.05, 3.63) is 83.1 Å². The van der Waals surface area contributed by atoms with Gasteiger partial charge in [0.1, 0.15) is 11.4 Å². The maximum atomic E-state index is 12.5. The summed E-state index contributed by atoms with van der Waals surface area (Å²) in [5, 5.41) is 6.60. The molecule has 27 heavy (non-hydrogen) atoms. The van der Waals surface area contributed by atoms with Crippen LogP contribution in [0.15, 0.2) is 66.9 Å². The lowest BCUT2D eigenvalue weighted by molar-refractivity contribution is 0.102. The first-order valence-corrected chi connectivity index (χ1v) is 8.87. The number of amides is 1. The number of pyridine rings is 1. The van der Waals surface area contributed by atoms with Crippen LogP contribution in [0, 0.1) is 0 Å². The summed E-state index contributed by atoms with van der Waals surface area (Å²) in [6.07, 6.45) is 1.61. The van der Waals surface area contributed by atoms with E-state index < -0.39 is 0 Å². The van der Waals surface area contributed by atoms with Gasteiger partial charge in [-0.25, -0.2) is 0 Å². The van der Waals surface area contributed by atoms with Gasteiger partial charge in [0.2, 0.25) is 0 Å². The Bertz CT molecular complexity index is 932.